The maximum Gasteiger partial charge on any atom is 0.244 e. The molecule has 0 aromatic heterocycles. The average Bonchev–Trinajstić information content (AvgIpc) is 2.99. The first-order valence-electron chi connectivity index (χ1n) is 8.45. The molecule has 25 heavy (non-hydrogen) atoms. The number of hydrogen-bond acceptors (Lipinski definition) is 5. The number of hydrogen-bond donors (Lipinski definition) is 0. The third kappa shape index (κ3) is 3.69. The molecule has 0 bridgehead atoms. The quantitative estimate of drug-likeness (QED) is 0.796. The maximum absolute atomic E-state index is 12.0. The Morgan fingerprint density at radius 2 is 1.88 bits per heavy atom. The first-order valence-corrected chi connectivity index (χ1v) is 11.1. The molecule has 1 aromatic rings. The maximum atomic E-state index is 12.0. The predicted octanol–water partition coefficient (Wildman–Crippen LogP) is 2.15. The molecule has 8 heteroatoms. The van der Waals surface area contributed by atoms with Crippen molar-refractivity contribution in [3.8, 4) is 0 Å². The lowest BCUT2D eigenvalue weighted by Crippen LogP contribution is -2.37. The minimum absolute atomic E-state index is 0.0643. The Kier molecular flexibility index (Phi) is 5.11. The number of anilines is 2. The summed E-state index contributed by atoms with van der Waals surface area (Å²) in [6.07, 6.45) is 0. The number of amides is 1. The Morgan fingerprint density at radius 1 is 1.24 bits per heavy atom. The first kappa shape index (κ1) is 18.3. The molecule has 136 valence electrons. The van der Waals surface area contributed by atoms with Crippen LogP contribution >= 0.6 is 11.8 Å². The summed E-state index contributed by atoms with van der Waals surface area (Å²) in [6.45, 7) is 7.49. The van der Waals surface area contributed by atoms with Crippen molar-refractivity contribution >= 4 is 44.0 Å². The van der Waals surface area contributed by atoms with Gasteiger partial charge in [0.2, 0.25) is 5.91 Å². The highest BCUT2D eigenvalue weighted by Gasteiger charge is 2.49. The molecule has 2 atom stereocenters. The fourth-order valence-electron chi connectivity index (χ4n) is 3.41. The highest BCUT2D eigenvalue weighted by atomic mass is 32.2. The molecule has 2 saturated heterocycles. The van der Waals surface area contributed by atoms with Crippen LogP contribution in [0.5, 0.6) is 0 Å². The van der Waals surface area contributed by atoms with Crippen LogP contribution in [0.25, 0.3) is 0 Å². The lowest BCUT2D eigenvalue weighted by Gasteiger charge is -2.26. The van der Waals surface area contributed by atoms with E-state index >= 15 is 0 Å². The molecule has 0 aliphatic carbocycles. The lowest BCUT2D eigenvalue weighted by atomic mass is 10.2. The summed E-state index contributed by atoms with van der Waals surface area (Å²) in [5.41, 5.74) is 2.01. The summed E-state index contributed by atoms with van der Waals surface area (Å²) in [7, 11) is -3.04. The smallest absolute Gasteiger partial charge is 0.244 e. The van der Waals surface area contributed by atoms with Gasteiger partial charge in [0, 0.05) is 36.6 Å². The summed E-state index contributed by atoms with van der Waals surface area (Å²) in [4.78, 5) is 19.8. The second-order valence-corrected chi connectivity index (χ2v) is 9.63. The van der Waals surface area contributed by atoms with Gasteiger partial charge in [-0.3, -0.25) is 4.79 Å². The molecule has 6 nitrogen and oxygen atoms in total. The number of benzene rings is 1. The number of sulfone groups is 1. The first-order chi connectivity index (χ1) is 11.8. The Morgan fingerprint density at radius 3 is 2.44 bits per heavy atom. The summed E-state index contributed by atoms with van der Waals surface area (Å²) in [5, 5.41) is 0.540. The zero-order valence-corrected chi connectivity index (χ0v) is 16.3. The molecular formula is C17H23N3O3S2. The third-order valence-corrected chi connectivity index (χ3v) is 7.79. The standard InChI is InChI=1S/C17H23N3O3S2/c1-4-19(5-2)13-6-8-14(9-7-13)20-15-10-25(22,23)11-16(15)24-17(20)18-12(3)21/h6-9,15-16H,4-5,10-11H2,1-3H3/t15-,16-/m0/s1. The van der Waals surface area contributed by atoms with Gasteiger partial charge in [0.1, 0.15) is 0 Å². The van der Waals surface area contributed by atoms with E-state index in [1.165, 1.54) is 18.7 Å². The predicted molar refractivity (Wildman–Crippen MR) is 104 cm³/mol. The molecule has 1 amide bonds. The number of rotatable bonds is 4. The van der Waals surface area contributed by atoms with Crippen LogP contribution in [0.4, 0.5) is 11.4 Å². The van der Waals surface area contributed by atoms with E-state index in [1.807, 2.05) is 29.2 Å². The van der Waals surface area contributed by atoms with E-state index in [2.05, 4.69) is 23.7 Å². The van der Waals surface area contributed by atoms with Gasteiger partial charge in [-0.15, -0.1) is 0 Å². The lowest BCUT2D eigenvalue weighted by molar-refractivity contribution is -0.115. The summed E-state index contributed by atoms with van der Waals surface area (Å²) in [5.74, 6) is -0.0118. The molecule has 2 heterocycles. The van der Waals surface area contributed by atoms with E-state index < -0.39 is 9.84 Å². The van der Waals surface area contributed by atoms with Crippen molar-refractivity contribution < 1.29 is 13.2 Å². The number of amidine groups is 1. The summed E-state index contributed by atoms with van der Waals surface area (Å²) >= 11 is 1.40. The van der Waals surface area contributed by atoms with Gasteiger partial charge in [0.05, 0.1) is 17.5 Å². The Bertz CT molecular complexity index is 786. The van der Waals surface area contributed by atoms with Gasteiger partial charge >= 0.3 is 0 Å². The Hall–Kier alpha value is -1.54. The van der Waals surface area contributed by atoms with Crippen LogP contribution in [0.3, 0.4) is 0 Å². The van der Waals surface area contributed by atoms with E-state index in [9.17, 15) is 13.2 Å². The van der Waals surface area contributed by atoms with Gasteiger partial charge in [-0.05, 0) is 38.1 Å². The SMILES string of the molecule is CCN(CC)c1ccc(N2C(=NC(C)=O)S[C@H]3CS(=O)(=O)C[C@@H]32)cc1. The van der Waals surface area contributed by atoms with Crippen molar-refractivity contribution in [1.29, 1.82) is 0 Å². The largest absolute Gasteiger partial charge is 0.372 e. The topological polar surface area (TPSA) is 70.0 Å². The van der Waals surface area contributed by atoms with E-state index in [0.29, 0.717) is 5.17 Å². The second kappa shape index (κ2) is 6.99. The zero-order valence-electron chi connectivity index (χ0n) is 14.7. The van der Waals surface area contributed by atoms with Gasteiger partial charge in [0.25, 0.3) is 0 Å². The van der Waals surface area contributed by atoms with Crippen LogP contribution in [0.2, 0.25) is 0 Å². The van der Waals surface area contributed by atoms with Gasteiger partial charge in [0.15, 0.2) is 15.0 Å². The van der Waals surface area contributed by atoms with Gasteiger partial charge in [-0.2, -0.15) is 4.99 Å². The van der Waals surface area contributed by atoms with E-state index in [4.69, 9.17) is 0 Å². The third-order valence-electron chi connectivity index (χ3n) is 4.58. The van der Waals surface area contributed by atoms with Crippen molar-refractivity contribution in [1.82, 2.24) is 0 Å². The molecule has 0 N–H and O–H groups in total. The van der Waals surface area contributed by atoms with Gasteiger partial charge in [-0.1, -0.05) is 11.8 Å². The van der Waals surface area contributed by atoms with Crippen molar-refractivity contribution in [2.45, 2.75) is 32.1 Å². The van der Waals surface area contributed by atoms with E-state index in [1.54, 1.807) is 0 Å². The fourth-order valence-corrected chi connectivity index (χ4v) is 7.37. The number of carbonyl (C=O) groups excluding carboxylic acids is 1. The molecule has 2 fully saturated rings. The number of thioether (sulfide) groups is 1. The second-order valence-electron chi connectivity index (χ2n) is 6.27. The fraction of sp³-hybridized carbons (Fsp3) is 0.529. The molecule has 0 unspecified atom stereocenters. The average molecular weight is 382 g/mol. The molecule has 0 saturated carbocycles. The molecular weight excluding hydrogens is 358 g/mol. The zero-order chi connectivity index (χ0) is 18.2. The number of aliphatic imine (C=N–C) groups is 1. The van der Waals surface area contributed by atoms with Crippen molar-refractivity contribution in [2.24, 2.45) is 4.99 Å². The van der Waals surface area contributed by atoms with Crippen molar-refractivity contribution in [3.63, 3.8) is 0 Å². The van der Waals surface area contributed by atoms with Crippen LogP contribution in [-0.4, -0.2) is 55.4 Å². The monoisotopic (exact) mass is 381 g/mol. The van der Waals surface area contributed by atoms with Crippen LogP contribution in [0.15, 0.2) is 29.3 Å². The number of carbonyl (C=O) groups is 1. The molecule has 0 spiro atoms. The van der Waals surface area contributed by atoms with Crippen LogP contribution in [-0.2, 0) is 14.6 Å². The van der Waals surface area contributed by atoms with Crippen molar-refractivity contribution in [2.75, 3.05) is 34.4 Å². The molecule has 3 rings (SSSR count). The van der Waals surface area contributed by atoms with Crippen LogP contribution in [0, 0.1) is 0 Å². The number of nitrogens with zero attached hydrogens (tertiary/aromatic N) is 3. The number of fused-ring (bicyclic) bond motifs is 1. The van der Waals surface area contributed by atoms with Crippen LogP contribution in [0.1, 0.15) is 20.8 Å². The molecule has 0 radical (unpaired) electrons. The normalized spacial score (nSPS) is 26.0. The summed E-state index contributed by atoms with van der Waals surface area (Å²) in [6, 6.07) is 7.88. The van der Waals surface area contributed by atoms with E-state index in [-0.39, 0.29) is 28.7 Å². The Labute approximate surface area is 153 Å². The Balaban J connectivity index is 1.95. The summed E-state index contributed by atoms with van der Waals surface area (Å²) < 4.78 is 24.0. The highest BCUT2D eigenvalue weighted by Crippen LogP contribution is 2.41. The van der Waals surface area contributed by atoms with E-state index in [0.717, 1.165) is 24.5 Å². The van der Waals surface area contributed by atoms with Gasteiger partial charge in [-0.25, -0.2) is 8.42 Å². The highest BCUT2D eigenvalue weighted by molar-refractivity contribution is 8.16. The minimum atomic E-state index is -3.04. The van der Waals surface area contributed by atoms with Crippen LogP contribution < -0.4 is 9.80 Å². The van der Waals surface area contributed by atoms with Crippen molar-refractivity contribution in [3.05, 3.63) is 24.3 Å². The van der Waals surface area contributed by atoms with Gasteiger partial charge < -0.3 is 9.80 Å². The minimum Gasteiger partial charge on any atom is -0.372 e. The molecule has 1 aromatic carbocycles. The molecule has 2 aliphatic rings. The molecule has 2 aliphatic heterocycles.